The van der Waals surface area contributed by atoms with Crippen LogP contribution in [0.15, 0.2) is 0 Å². The number of hydrogen-bond donors (Lipinski definition) is 0. The second-order valence-corrected chi connectivity index (χ2v) is 3.71. The van der Waals surface area contributed by atoms with Gasteiger partial charge in [0, 0.05) is 0 Å². The molecule has 0 aliphatic carbocycles. The zero-order valence-electron chi connectivity index (χ0n) is 5.82. The first kappa shape index (κ1) is 13.2. The number of unbranched alkanes of at least 4 members (excludes halogenated alkanes) is 2. The van der Waals surface area contributed by atoms with Crippen LogP contribution < -0.4 is 9.79 Å². The van der Waals surface area contributed by atoms with E-state index in [1.807, 2.05) is 6.92 Å². The molecule has 0 spiro atoms. The van der Waals surface area contributed by atoms with Gasteiger partial charge in [0.05, 0.1) is 0 Å². The minimum atomic E-state index is -4.20. The van der Waals surface area contributed by atoms with Crippen LogP contribution in [0, 0.1) is 0 Å². The van der Waals surface area contributed by atoms with Crippen molar-refractivity contribution in [1.82, 2.24) is 0 Å². The second-order valence-electron chi connectivity index (χ2n) is 2.04. The molecule has 0 heterocycles. The summed E-state index contributed by atoms with van der Waals surface area (Å²) in [6.07, 6.45) is 2.11. The summed E-state index contributed by atoms with van der Waals surface area (Å²) in [4.78, 5) is 20.0. The molecule has 0 bridgehead atoms. The van der Waals surface area contributed by atoms with Crippen LogP contribution >= 0.6 is 7.60 Å². The normalized spacial score (nSPS) is 10.7. The Balaban J connectivity index is 0. The van der Waals surface area contributed by atoms with Crippen LogP contribution in [0.3, 0.4) is 0 Å². The first-order valence-electron chi connectivity index (χ1n) is 3.07. The van der Waals surface area contributed by atoms with E-state index < -0.39 is 7.60 Å². The summed E-state index contributed by atoms with van der Waals surface area (Å²) in [6, 6.07) is 0. The van der Waals surface area contributed by atoms with Gasteiger partial charge in [-0.2, -0.15) is 0 Å². The molecule has 10 heavy (non-hydrogen) atoms. The van der Waals surface area contributed by atoms with Gasteiger partial charge in [-0.25, -0.2) is 0 Å². The third-order valence-electron chi connectivity index (χ3n) is 1.04. The summed E-state index contributed by atoms with van der Waals surface area (Å²) in [7, 11) is -4.20. The SMILES string of the molecule is CCCCCP(=O)([O-])[O-].[Ni+2]. The maximum absolute atomic E-state index is 9.98. The Hall–Kier alpha value is 0.644. The fourth-order valence-corrected chi connectivity index (χ4v) is 1.17. The van der Waals surface area contributed by atoms with Crippen LogP contribution in [0.25, 0.3) is 0 Å². The average molecular weight is 209 g/mol. The molecule has 0 aliphatic rings. The molecule has 0 saturated heterocycles. The van der Waals surface area contributed by atoms with Crippen molar-refractivity contribution in [3.05, 3.63) is 0 Å². The topological polar surface area (TPSA) is 63.2 Å². The standard InChI is InChI=1S/C5H13O3P.Ni/c1-2-3-4-5-9(6,7)8;/h2-5H2,1H3,(H2,6,7,8);/q;+2/p-2. The van der Waals surface area contributed by atoms with E-state index in [2.05, 4.69) is 0 Å². The van der Waals surface area contributed by atoms with E-state index in [1.165, 1.54) is 0 Å². The molecule has 0 aromatic rings. The molecule has 0 N–H and O–H groups in total. The predicted octanol–water partition coefficient (Wildman–Crippen LogP) is 0.0878. The molecule has 0 atom stereocenters. The van der Waals surface area contributed by atoms with E-state index in [1.54, 1.807) is 0 Å². The Bertz CT molecular complexity index is 111. The van der Waals surface area contributed by atoms with Crippen molar-refractivity contribution in [2.75, 3.05) is 6.16 Å². The minimum Gasteiger partial charge on any atom is -0.811 e. The van der Waals surface area contributed by atoms with Crippen LogP contribution in [0.2, 0.25) is 0 Å². The van der Waals surface area contributed by atoms with Gasteiger partial charge in [0.1, 0.15) is 0 Å². The number of rotatable bonds is 4. The van der Waals surface area contributed by atoms with E-state index in [0.717, 1.165) is 12.8 Å². The molecule has 0 aromatic carbocycles. The van der Waals surface area contributed by atoms with Crippen molar-refractivity contribution in [2.45, 2.75) is 26.2 Å². The second kappa shape index (κ2) is 6.36. The van der Waals surface area contributed by atoms with Crippen molar-refractivity contribution in [3.8, 4) is 0 Å². The van der Waals surface area contributed by atoms with Crippen LogP contribution in [0.1, 0.15) is 26.2 Å². The van der Waals surface area contributed by atoms with Gasteiger partial charge in [0.15, 0.2) is 0 Å². The van der Waals surface area contributed by atoms with Crippen molar-refractivity contribution >= 4 is 7.60 Å². The van der Waals surface area contributed by atoms with Gasteiger partial charge in [-0.1, -0.05) is 27.4 Å². The third-order valence-corrected chi connectivity index (χ3v) is 1.90. The molecule has 0 aromatic heterocycles. The van der Waals surface area contributed by atoms with Crippen LogP contribution in [0.4, 0.5) is 0 Å². The van der Waals surface area contributed by atoms with Crippen molar-refractivity contribution in [3.63, 3.8) is 0 Å². The van der Waals surface area contributed by atoms with Gasteiger partial charge < -0.3 is 14.4 Å². The maximum atomic E-state index is 9.98. The first-order chi connectivity index (χ1) is 4.06. The summed E-state index contributed by atoms with van der Waals surface area (Å²) in [5.74, 6) is 0. The van der Waals surface area contributed by atoms with Crippen molar-refractivity contribution in [2.24, 2.45) is 0 Å². The van der Waals surface area contributed by atoms with Gasteiger partial charge >= 0.3 is 16.5 Å². The van der Waals surface area contributed by atoms with E-state index in [0.29, 0.717) is 6.42 Å². The smallest absolute Gasteiger partial charge is 0.811 e. The van der Waals surface area contributed by atoms with Gasteiger partial charge in [-0.15, -0.1) is 0 Å². The molecule has 3 nitrogen and oxygen atoms in total. The summed E-state index contributed by atoms with van der Waals surface area (Å²) in [5.41, 5.74) is 0. The fourth-order valence-electron chi connectivity index (χ4n) is 0.555. The maximum Gasteiger partial charge on any atom is 2.00 e. The monoisotopic (exact) mass is 208 g/mol. The molecular weight excluding hydrogens is 198 g/mol. The van der Waals surface area contributed by atoms with Gasteiger partial charge in [0.2, 0.25) is 0 Å². The minimum absolute atomic E-state index is 0. The molecule has 64 valence electrons. The molecule has 0 amide bonds. The molecule has 0 aliphatic heterocycles. The molecular formula is C5H11NiO3P. The Morgan fingerprint density at radius 1 is 1.30 bits per heavy atom. The van der Waals surface area contributed by atoms with Crippen LogP contribution in [-0.2, 0) is 21.1 Å². The first-order valence-corrected chi connectivity index (χ1v) is 4.80. The van der Waals surface area contributed by atoms with Gasteiger partial charge in [-0.3, -0.25) is 0 Å². The van der Waals surface area contributed by atoms with E-state index in [4.69, 9.17) is 0 Å². The van der Waals surface area contributed by atoms with Crippen molar-refractivity contribution < 1.29 is 30.8 Å². The van der Waals surface area contributed by atoms with E-state index in [9.17, 15) is 14.4 Å². The molecule has 0 unspecified atom stereocenters. The summed E-state index contributed by atoms with van der Waals surface area (Å²) >= 11 is 0. The molecule has 0 rings (SSSR count). The zero-order chi connectivity index (χ0) is 7.33. The summed E-state index contributed by atoms with van der Waals surface area (Å²) in [5, 5.41) is 0. The van der Waals surface area contributed by atoms with Crippen LogP contribution in [-0.4, -0.2) is 6.16 Å². The van der Waals surface area contributed by atoms with Gasteiger partial charge in [-0.05, 0) is 12.6 Å². The average Bonchev–Trinajstić information content (AvgIpc) is 1.63. The number of hydrogen-bond acceptors (Lipinski definition) is 3. The predicted molar refractivity (Wildman–Crippen MR) is 32.0 cm³/mol. The summed E-state index contributed by atoms with van der Waals surface area (Å²) in [6.45, 7) is 1.96. The van der Waals surface area contributed by atoms with E-state index in [-0.39, 0.29) is 22.7 Å². The van der Waals surface area contributed by atoms with E-state index >= 15 is 0 Å². The Morgan fingerprint density at radius 3 is 2.10 bits per heavy atom. The molecule has 0 saturated carbocycles. The Morgan fingerprint density at radius 2 is 1.80 bits per heavy atom. The Labute approximate surface area is 71.3 Å². The van der Waals surface area contributed by atoms with Crippen molar-refractivity contribution in [1.29, 1.82) is 0 Å². The van der Waals surface area contributed by atoms with Gasteiger partial charge in [0.25, 0.3) is 0 Å². The zero-order valence-corrected chi connectivity index (χ0v) is 7.70. The molecule has 0 radical (unpaired) electrons. The van der Waals surface area contributed by atoms with Crippen LogP contribution in [0.5, 0.6) is 0 Å². The quantitative estimate of drug-likeness (QED) is 0.374. The summed E-state index contributed by atoms with van der Waals surface area (Å²) < 4.78 is 9.98. The Kier molecular flexibility index (Phi) is 8.43. The third kappa shape index (κ3) is 11.4. The largest absolute Gasteiger partial charge is 2.00 e. The molecule has 0 fully saturated rings. The fraction of sp³-hybridized carbons (Fsp3) is 1.00. The molecule has 5 heteroatoms.